The lowest BCUT2D eigenvalue weighted by molar-refractivity contribution is -0.155. The minimum absolute atomic E-state index is 0.0343. The van der Waals surface area contributed by atoms with Crippen molar-refractivity contribution in [1.29, 1.82) is 0 Å². The van der Waals surface area contributed by atoms with E-state index in [1.54, 1.807) is 12.3 Å². The standard InChI is InChI=1S/C26H31N5O4/c1-16-9-8-14-30-20(16)27-21-18(22(30)32)15-26(19-12-6-3-7-13-29(19)21)23(33)28-25(35)31(24(26)34)17-10-4-2-5-11-17/h8-9,14,17,19H,2-7,10-13,15H2,1H3,(H,28,33,35)/t19-,26-/m1/s1. The maximum atomic E-state index is 14.3. The van der Waals surface area contributed by atoms with Crippen molar-refractivity contribution in [3.8, 4) is 0 Å². The van der Waals surface area contributed by atoms with Crippen LogP contribution in [-0.2, 0) is 16.0 Å². The third-order valence-corrected chi connectivity index (χ3v) is 8.55. The van der Waals surface area contributed by atoms with E-state index in [1.807, 2.05) is 17.9 Å². The number of hydrogen-bond donors (Lipinski definition) is 1. The van der Waals surface area contributed by atoms with Gasteiger partial charge in [-0.3, -0.25) is 29.0 Å². The summed E-state index contributed by atoms with van der Waals surface area (Å²) in [6.45, 7) is 2.54. The van der Waals surface area contributed by atoms with Gasteiger partial charge in [0.15, 0.2) is 5.41 Å². The first-order valence-corrected chi connectivity index (χ1v) is 12.9. The zero-order valence-corrected chi connectivity index (χ0v) is 20.1. The summed E-state index contributed by atoms with van der Waals surface area (Å²) in [6.07, 6.45) is 9.53. The third-order valence-electron chi connectivity index (χ3n) is 8.55. The van der Waals surface area contributed by atoms with Gasteiger partial charge in [0.25, 0.3) is 5.56 Å². The number of aromatic nitrogens is 2. The zero-order chi connectivity index (χ0) is 24.3. The summed E-state index contributed by atoms with van der Waals surface area (Å²) in [4.78, 5) is 63.0. The van der Waals surface area contributed by atoms with Crippen molar-refractivity contribution in [2.75, 3.05) is 11.4 Å². The van der Waals surface area contributed by atoms with Gasteiger partial charge in [0, 0.05) is 25.2 Å². The Bertz CT molecular complexity index is 1300. The molecule has 35 heavy (non-hydrogen) atoms. The van der Waals surface area contributed by atoms with E-state index in [0.29, 0.717) is 30.0 Å². The SMILES string of the molecule is Cc1cccn2c(=O)c3c(nc12)N1CCCCC[C@@H]1[C@]1(C3)C(=O)NC(=O)N(C2CCCCC2)C1=O. The van der Waals surface area contributed by atoms with Gasteiger partial charge in [-0.25, -0.2) is 9.78 Å². The Hall–Kier alpha value is -3.23. The molecule has 4 amide bonds. The van der Waals surface area contributed by atoms with E-state index >= 15 is 0 Å². The average Bonchev–Trinajstić information content (AvgIpc) is 3.11. The number of carbonyl (C=O) groups excluding carboxylic acids is 3. The molecule has 184 valence electrons. The smallest absolute Gasteiger partial charge is 0.331 e. The number of amides is 4. The second kappa shape index (κ2) is 8.17. The minimum atomic E-state index is -1.51. The van der Waals surface area contributed by atoms with Gasteiger partial charge in [0.05, 0.1) is 11.6 Å². The molecule has 0 bridgehead atoms. The van der Waals surface area contributed by atoms with Crippen LogP contribution in [0.15, 0.2) is 23.1 Å². The van der Waals surface area contributed by atoms with E-state index < -0.39 is 29.3 Å². The summed E-state index contributed by atoms with van der Waals surface area (Å²) in [5, 5.41) is 2.54. The molecule has 3 fully saturated rings. The van der Waals surface area contributed by atoms with Crippen molar-refractivity contribution in [2.24, 2.45) is 5.41 Å². The van der Waals surface area contributed by atoms with Gasteiger partial charge in [0.1, 0.15) is 11.5 Å². The summed E-state index contributed by atoms with van der Waals surface area (Å²) in [6, 6.07) is 2.45. The molecule has 2 aromatic rings. The van der Waals surface area contributed by atoms with E-state index in [-0.39, 0.29) is 18.0 Å². The Morgan fingerprint density at radius 2 is 1.74 bits per heavy atom. The van der Waals surface area contributed by atoms with Crippen molar-refractivity contribution in [3.05, 3.63) is 39.8 Å². The molecule has 2 atom stereocenters. The number of nitrogens with zero attached hydrogens (tertiary/aromatic N) is 4. The summed E-state index contributed by atoms with van der Waals surface area (Å²) in [7, 11) is 0. The lowest BCUT2D eigenvalue weighted by Crippen LogP contribution is -2.73. The van der Waals surface area contributed by atoms with Crippen LogP contribution in [0.4, 0.5) is 10.6 Å². The Labute approximate surface area is 203 Å². The maximum Gasteiger partial charge on any atom is 0.331 e. The van der Waals surface area contributed by atoms with E-state index in [2.05, 4.69) is 5.32 Å². The van der Waals surface area contributed by atoms with E-state index in [1.165, 1.54) is 9.30 Å². The van der Waals surface area contributed by atoms with Crippen LogP contribution in [-0.4, -0.2) is 50.8 Å². The Morgan fingerprint density at radius 3 is 2.54 bits per heavy atom. The fourth-order valence-electron chi connectivity index (χ4n) is 6.78. The fraction of sp³-hybridized carbons (Fsp3) is 0.577. The monoisotopic (exact) mass is 477 g/mol. The van der Waals surface area contributed by atoms with Crippen molar-refractivity contribution < 1.29 is 14.4 Å². The van der Waals surface area contributed by atoms with Crippen LogP contribution in [0.25, 0.3) is 5.65 Å². The molecule has 0 radical (unpaired) electrons. The van der Waals surface area contributed by atoms with E-state index in [4.69, 9.17) is 4.98 Å². The molecule has 2 saturated heterocycles. The zero-order valence-electron chi connectivity index (χ0n) is 20.1. The minimum Gasteiger partial charge on any atom is -0.352 e. The summed E-state index contributed by atoms with van der Waals surface area (Å²) in [5.41, 5.74) is 0.0974. The Balaban J connectivity index is 1.56. The third kappa shape index (κ3) is 3.16. The number of nitrogens with one attached hydrogen (secondary N) is 1. The molecule has 1 spiro atoms. The lowest BCUT2D eigenvalue weighted by atomic mass is 9.67. The maximum absolute atomic E-state index is 14.3. The number of fused-ring (bicyclic) bond motifs is 5. The largest absolute Gasteiger partial charge is 0.352 e. The molecule has 1 saturated carbocycles. The molecule has 0 unspecified atom stereocenters. The predicted molar refractivity (Wildman–Crippen MR) is 129 cm³/mol. The Morgan fingerprint density at radius 1 is 1.00 bits per heavy atom. The molecule has 2 aromatic heterocycles. The van der Waals surface area contributed by atoms with Gasteiger partial charge in [-0.05, 0) is 44.2 Å². The molecule has 6 rings (SSSR count). The molecule has 9 nitrogen and oxygen atoms in total. The van der Waals surface area contributed by atoms with Crippen molar-refractivity contribution in [3.63, 3.8) is 0 Å². The molecule has 1 aliphatic carbocycles. The summed E-state index contributed by atoms with van der Waals surface area (Å²) in [5.74, 6) is -0.422. The topological polar surface area (TPSA) is 104 Å². The Kier molecular flexibility index (Phi) is 5.19. The van der Waals surface area contributed by atoms with Gasteiger partial charge in [0.2, 0.25) is 11.8 Å². The van der Waals surface area contributed by atoms with Crippen LogP contribution in [0.1, 0.15) is 68.9 Å². The average molecular weight is 478 g/mol. The number of aryl methyl sites for hydroxylation is 1. The molecule has 5 heterocycles. The summed E-state index contributed by atoms with van der Waals surface area (Å²) >= 11 is 0. The number of hydrogen-bond acceptors (Lipinski definition) is 6. The highest BCUT2D eigenvalue weighted by molar-refractivity contribution is 6.20. The number of imide groups is 2. The second-order valence-electron chi connectivity index (χ2n) is 10.5. The van der Waals surface area contributed by atoms with Crippen molar-refractivity contribution >= 4 is 29.3 Å². The van der Waals surface area contributed by atoms with Crippen LogP contribution in [0.3, 0.4) is 0 Å². The highest BCUT2D eigenvalue weighted by Crippen LogP contribution is 2.46. The molecular formula is C26H31N5O4. The normalized spacial score (nSPS) is 27.6. The number of anilines is 1. The predicted octanol–water partition coefficient (Wildman–Crippen LogP) is 2.71. The summed E-state index contributed by atoms with van der Waals surface area (Å²) < 4.78 is 1.51. The highest BCUT2D eigenvalue weighted by Gasteiger charge is 2.63. The second-order valence-corrected chi connectivity index (χ2v) is 10.5. The van der Waals surface area contributed by atoms with Gasteiger partial charge in [-0.1, -0.05) is 38.2 Å². The quantitative estimate of drug-likeness (QED) is 0.634. The first-order valence-electron chi connectivity index (χ1n) is 12.9. The van der Waals surface area contributed by atoms with Gasteiger partial charge < -0.3 is 4.90 Å². The van der Waals surface area contributed by atoms with Crippen LogP contribution < -0.4 is 15.8 Å². The number of rotatable bonds is 1. The van der Waals surface area contributed by atoms with E-state index in [0.717, 1.165) is 56.9 Å². The molecular weight excluding hydrogens is 446 g/mol. The molecule has 9 heteroatoms. The fourth-order valence-corrected chi connectivity index (χ4v) is 6.78. The first-order chi connectivity index (χ1) is 16.9. The van der Waals surface area contributed by atoms with Crippen LogP contribution in [0.5, 0.6) is 0 Å². The first kappa shape index (κ1) is 22.2. The molecule has 1 N–H and O–H groups in total. The number of pyridine rings is 1. The highest BCUT2D eigenvalue weighted by atomic mass is 16.2. The molecule has 3 aliphatic heterocycles. The molecule has 0 aromatic carbocycles. The van der Waals surface area contributed by atoms with Crippen molar-refractivity contribution in [2.45, 2.75) is 83.2 Å². The van der Waals surface area contributed by atoms with Crippen LogP contribution in [0.2, 0.25) is 0 Å². The van der Waals surface area contributed by atoms with Crippen LogP contribution in [0, 0.1) is 12.3 Å². The van der Waals surface area contributed by atoms with E-state index in [9.17, 15) is 19.2 Å². The molecule has 4 aliphatic rings. The number of urea groups is 1. The lowest BCUT2D eigenvalue weighted by Gasteiger charge is -2.52. The van der Waals surface area contributed by atoms with Gasteiger partial charge in [-0.2, -0.15) is 0 Å². The number of barbiturate groups is 1. The van der Waals surface area contributed by atoms with Crippen molar-refractivity contribution in [1.82, 2.24) is 19.6 Å². The number of carbonyl (C=O) groups is 3. The van der Waals surface area contributed by atoms with Crippen LogP contribution >= 0.6 is 0 Å². The van der Waals surface area contributed by atoms with Gasteiger partial charge in [-0.15, -0.1) is 0 Å². The van der Waals surface area contributed by atoms with Gasteiger partial charge >= 0.3 is 6.03 Å².